The predicted octanol–water partition coefficient (Wildman–Crippen LogP) is 2.90. The largest absolute Gasteiger partial charge is 0.381 e. The molecule has 1 heterocycles. The minimum atomic E-state index is 0.567. The monoisotopic (exact) mass is 282 g/mol. The van der Waals surface area contributed by atoms with Crippen LogP contribution in [0, 0.1) is 11.3 Å². The van der Waals surface area contributed by atoms with Crippen LogP contribution in [0.5, 0.6) is 0 Å². The molecule has 0 aromatic carbocycles. The van der Waals surface area contributed by atoms with E-state index in [9.17, 15) is 0 Å². The molecule has 2 atom stereocenters. The van der Waals surface area contributed by atoms with Crippen molar-refractivity contribution < 1.29 is 4.74 Å². The molecule has 0 aromatic heterocycles. The Kier molecular flexibility index (Phi) is 5.88. The van der Waals surface area contributed by atoms with E-state index in [4.69, 9.17) is 4.74 Å². The lowest BCUT2D eigenvalue weighted by molar-refractivity contribution is 0.107. The van der Waals surface area contributed by atoms with Gasteiger partial charge in [0.2, 0.25) is 0 Å². The summed E-state index contributed by atoms with van der Waals surface area (Å²) < 4.78 is 5.58. The second-order valence-corrected chi connectivity index (χ2v) is 7.62. The normalized spacial score (nSPS) is 28.9. The molecule has 2 fully saturated rings. The topological polar surface area (TPSA) is 24.5 Å². The first kappa shape index (κ1) is 16.3. The highest BCUT2D eigenvalue weighted by Crippen LogP contribution is 2.36. The van der Waals surface area contributed by atoms with E-state index < -0.39 is 0 Å². The first-order chi connectivity index (χ1) is 9.52. The SMILES string of the molecule is CCNC(CN(C)C1CCC(C)(C)CC1)C1CCOC1. The Bertz CT molecular complexity index is 277. The summed E-state index contributed by atoms with van der Waals surface area (Å²) in [5.41, 5.74) is 0.567. The van der Waals surface area contributed by atoms with Crippen LogP contribution in [0.1, 0.15) is 52.9 Å². The first-order valence-corrected chi connectivity index (χ1v) is 8.53. The maximum absolute atomic E-state index is 5.58. The first-order valence-electron chi connectivity index (χ1n) is 8.53. The quantitative estimate of drug-likeness (QED) is 0.811. The number of hydrogen-bond donors (Lipinski definition) is 1. The van der Waals surface area contributed by atoms with Crippen molar-refractivity contribution >= 4 is 0 Å². The van der Waals surface area contributed by atoms with Crippen molar-refractivity contribution in [3.05, 3.63) is 0 Å². The third kappa shape index (κ3) is 4.44. The second kappa shape index (κ2) is 7.24. The Morgan fingerprint density at radius 2 is 1.95 bits per heavy atom. The smallest absolute Gasteiger partial charge is 0.0510 e. The lowest BCUT2D eigenvalue weighted by Gasteiger charge is -2.40. The molecule has 0 aromatic rings. The van der Waals surface area contributed by atoms with E-state index in [1.54, 1.807) is 0 Å². The zero-order valence-electron chi connectivity index (χ0n) is 14.0. The predicted molar refractivity (Wildman–Crippen MR) is 85.1 cm³/mol. The maximum Gasteiger partial charge on any atom is 0.0510 e. The van der Waals surface area contributed by atoms with E-state index in [0.717, 1.165) is 25.8 Å². The summed E-state index contributed by atoms with van der Waals surface area (Å²) in [4.78, 5) is 2.61. The van der Waals surface area contributed by atoms with Gasteiger partial charge < -0.3 is 15.0 Å². The van der Waals surface area contributed by atoms with Crippen LogP contribution in [0.3, 0.4) is 0 Å². The molecule has 3 nitrogen and oxygen atoms in total. The van der Waals surface area contributed by atoms with Gasteiger partial charge in [-0.2, -0.15) is 0 Å². The molecule has 1 aliphatic heterocycles. The van der Waals surface area contributed by atoms with Gasteiger partial charge in [0, 0.05) is 31.2 Å². The summed E-state index contributed by atoms with van der Waals surface area (Å²) in [7, 11) is 2.32. The Morgan fingerprint density at radius 1 is 1.25 bits per heavy atom. The number of likely N-dealkylation sites (N-methyl/N-ethyl adjacent to an activating group) is 2. The molecular formula is C17H34N2O. The van der Waals surface area contributed by atoms with Gasteiger partial charge in [0.25, 0.3) is 0 Å². The van der Waals surface area contributed by atoms with E-state index >= 15 is 0 Å². The van der Waals surface area contributed by atoms with Crippen LogP contribution in [0.15, 0.2) is 0 Å². The van der Waals surface area contributed by atoms with Crippen LogP contribution in [0.2, 0.25) is 0 Å². The molecule has 0 radical (unpaired) electrons. The standard InChI is InChI=1S/C17H34N2O/c1-5-18-16(14-8-11-20-13-14)12-19(4)15-6-9-17(2,3)10-7-15/h14-16,18H,5-13H2,1-4H3. The molecule has 118 valence electrons. The minimum Gasteiger partial charge on any atom is -0.381 e. The third-order valence-electron chi connectivity index (χ3n) is 5.42. The summed E-state index contributed by atoms with van der Waals surface area (Å²) >= 11 is 0. The van der Waals surface area contributed by atoms with Crippen molar-refractivity contribution in [1.29, 1.82) is 0 Å². The fraction of sp³-hybridized carbons (Fsp3) is 1.00. The van der Waals surface area contributed by atoms with E-state index in [-0.39, 0.29) is 0 Å². The Balaban J connectivity index is 1.83. The van der Waals surface area contributed by atoms with Gasteiger partial charge >= 0.3 is 0 Å². The van der Waals surface area contributed by atoms with Crippen molar-refractivity contribution in [2.75, 3.05) is 33.4 Å². The number of ether oxygens (including phenoxy) is 1. The van der Waals surface area contributed by atoms with Crippen LogP contribution < -0.4 is 5.32 Å². The fourth-order valence-corrected chi connectivity index (χ4v) is 3.80. The molecule has 3 heteroatoms. The van der Waals surface area contributed by atoms with Crippen LogP contribution in [0.4, 0.5) is 0 Å². The summed E-state index contributed by atoms with van der Waals surface area (Å²) in [5, 5.41) is 3.69. The molecule has 0 bridgehead atoms. The van der Waals surface area contributed by atoms with E-state index in [1.165, 1.54) is 38.6 Å². The van der Waals surface area contributed by atoms with Gasteiger partial charge in [-0.1, -0.05) is 20.8 Å². The van der Waals surface area contributed by atoms with Gasteiger partial charge in [0.1, 0.15) is 0 Å². The molecular weight excluding hydrogens is 248 g/mol. The molecule has 20 heavy (non-hydrogen) atoms. The van der Waals surface area contributed by atoms with Crippen LogP contribution in [-0.2, 0) is 4.74 Å². The highest BCUT2D eigenvalue weighted by Gasteiger charge is 2.31. The average Bonchev–Trinajstić information content (AvgIpc) is 2.91. The highest BCUT2D eigenvalue weighted by molar-refractivity contribution is 4.87. The van der Waals surface area contributed by atoms with Crippen molar-refractivity contribution in [3.63, 3.8) is 0 Å². The summed E-state index contributed by atoms with van der Waals surface area (Å²) in [5.74, 6) is 0.706. The number of nitrogens with zero attached hydrogens (tertiary/aromatic N) is 1. The molecule has 0 amide bonds. The van der Waals surface area contributed by atoms with Gasteiger partial charge in [-0.3, -0.25) is 0 Å². The molecule has 2 aliphatic rings. The molecule has 0 spiro atoms. The van der Waals surface area contributed by atoms with Crippen LogP contribution in [0.25, 0.3) is 0 Å². The molecule has 1 N–H and O–H groups in total. The van der Waals surface area contributed by atoms with Crippen molar-refractivity contribution in [1.82, 2.24) is 10.2 Å². The average molecular weight is 282 g/mol. The zero-order chi connectivity index (χ0) is 14.6. The highest BCUT2D eigenvalue weighted by atomic mass is 16.5. The molecule has 1 saturated carbocycles. The minimum absolute atomic E-state index is 0.567. The van der Waals surface area contributed by atoms with Gasteiger partial charge in [-0.15, -0.1) is 0 Å². The molecule has 2 rings (SSSR count). The van der Waals surface area contributed by atoms with Gasteiger partial charge in [0.15, 0.2) is 0 Å². The van der Waals surface area contributed by atoms with Crippen LogP contribution in [-0.4, -0.2) is 50.3 Å². The second-order valence-electron chi connectivity index (χ2n) is 7.62. The molecule has 2 unspecified atom stereocenters. The Morgan fingerprint density at radius 3 is 2.50 bits per heavy atom. The summed E-state index contributed by atoms with van der Waals surface area (Å²) in [6, 6.07) is 1.38. The molecule has 1 saturated heterocycles. The van der Waals surface area contributed by atoms with Crippen LogP contribution >= 0.6 is 0 Å². The van der Waals surface area contributed by atoms with Crippen molar-refractivity contribution in [2.45, 2.75) is 65.0 Å². The summed E-state index contributed by atoms with van der Waals surface area (Å²) in [6.07, 6.45) is 6.71. The maximum atomic E-state index is 5.58. The summed E-state index contributed by atoms with van der Waals surface area (Å²) in [6.45, 7) is 11.2. The van der Waals surface area contributed by atoms with E-state index in [2.05, 4.69) is 38.0 Å². The number of nitrogens with one attached hydrogen (secondary N) is 1. The van der Waals surface area contributed by atoms with Gasteiger partial charge in [-0.05, 0) is 51.1 Å². The third-order valence-corrected chi connectivity index (χ3v) is 5.42. The molecule has 1 aliphatic carbocycles. The van der Waals surface area contributed by atoms with Gasteiger partial charge in [0.05, 0.1) is 6.61 Å². The van der Waals surface area contributed by atoms with Gasteiger partial charge in [-0.25, -0.2) is 0 Å². The van der Waals surface area contributed by atoms with E-state index in [0.29, 0.717) is 17.4 Å². The lowest BCUT2D eigenvalue weighted by atomic mass is 9.75. The number of rotatable bonds is 6. The van der Waals surface area contributed by atoms with Crippen molar-refractivity contribution in [2.24, 2.45) is 11.3 Å². The number of hydrogen-bond acceptors (Lipinski definition) is 3. The lowest BCUT2D eigenvalue weighted by Crippen LogP contribution is -2.48. The Hall–Kier alpha value is -0.120. The Labute approximate surface area is 125 Å². The fourth-order valence-electron chi connectivity index (χ4n) is 3.80. The zero-order valence-corrected chi connectivity index (χ0v) is 14.0. The van der Waals surface area contributed by atoms with Crippen molar-refractivity contribution in [3.8, 4) is 0 Å². The van der Waals surface area contributed by atoms with E-state index in [1.807, 2.05) is 0 Å².